The number of carbonyl (C=O) groups is 1. The van der Waals surface area contributed by atoms with Crippen LogP contribution >= 0.6 is 0 Å². The van der Waals surface area contributed by atoms with E-state index in [9.17, 15) is 4.79 Å². The Morgan fingerprint density at radius 3 is 2.37 bits per heavy atom. The van der Waals surface area contributed by atoms with E-state index in [4.69, 9.17) is 16.2 Å². The predicted molar refractivity (Wildman–Crippen MR) is 73.2 cm³/mol. The molecule has 5 nitrogen and oxygen atoms in total. The summed E-state index contributed by atoms with van der Waals surface area (Å²) in [4.78, 5) is 15.4. The second-order valence-electron chi connectivity index (χ2n) is 4.41. The number of aromatic nitrogens is 1. The largest absolute Gasteiger partial charge is 0.438 e. The van der Waals surface area contributed by atoms with Crippen LogP contribution in [0, 0.1) is 13.8 Å². The molecule has 0 fully saturated rings. The van der Waals surface area contributed by atoms with Gasteiger partial charge in [0.15, 0.2) is 0 Å². The van der Waals surface area contributed by atoms with Gasteiger partial charge in [0.25, 0.3) is 5.91 Å². The molecule has 0 radical (unpaired) electrons. The zero-order chi connectivity index (χ0) is 14.0. The van der Waals surface area contributed by atoms with Gasteiger partial charge in [-0.25, -0.2) is 4.98 Å². The molecule has 0 saturated heterocycles. The summed E-state index contributed by atoms with van der Waals surface area (Å²) in [5, 5.41) is 0. The van der Waals surface area contributed by atoms with Gasteiger partial charge in [-0.3, -0.25) is 4.79 Å². The Kier molecular flexibility index (Phi) is 3.37. The average molecular weight is 257 g/mol. The van der Waals surface area contributed by atoms with Crippen molar-refractivity contribution in [3.8, 4) is 11.6 Å². The molecule has 0 aliphatic heterocycles. The Labute approximate surface area is 111 Å². The van der Waals surface area contributed by atoms with E-state index in [1.54, 1.807) is 0 Å². The first-order chi connectivity index (χ1) is 8.95. The standard InChI is InChI=1S/C14H15N3O2/c1-8-3-9(2)5-11(4-8)19-14-12(13(16)18)6-10(15)7-17-14/h3-7H,15H2,1-2H3,(H2,16,18). The number of hydrogen-bond donors (Lipinski definition) is 2. The van der Waals surface area contributed by atoms with Gasteiger partial charge in [0, 0.05) is 0 Å². The molecular weight excluding hydrogens is 242 g/mol. The Bertz CT molecular complexity index is 618. The summed E-state index contributed by atoms with van der Waals surface area (Å²) >= 11 is 0. The number of pyridine rings is 1. The van der Waals surface area contributed by atoms with Gasteiger partial charge in [-0.1, -0.05) is 6.07 Å². The Hall–Kier alpha value is -2.56. The SMILES string of the molecule is Cc1cc(C)cc(Oc2ncc(N)cc2C(N)=O)c1. The first-order valence-electron chi connectivity index (χ1n) is 5.77. The highest BCUT2D eigenvalue weighted by atomic mass is 16.5. The average Bonchev–Trinajstić information content (AvgIpc) is 2.30. The maximum absolute atomic E-state index is 11.3. The van der Waals surface area contributed by atoms with E-state index in [1.807, 2.05) is 32.0 Å². The molecule has 5 heteroatoms. The number of aryl methyl sites for hydroxylation is 2. The highest BCUT2D eigenvalue weighted by Gasteiger charge is 2.12. The Morgan fingerprint density at radius 2 is 1.79 bits per heavy atom. The maximum atomic E-state index is 11.3. The van der Waals surface area contributed by atoms with E-state index < -0.39 is 5.91 Å². The number of hydrogen-bond acceptors (Lipinski definition) is 4. The van der Waals surface area contributed by atoms with Crippen molar-refractivity contribution in [3.05, 3.63) is 47.2 Å². The molecule has 2 rings (SSSR count). The topological polar surface area (TPSA) is 91.2 Å². The van der Waals surface area contributed by atoms with Crippen molar-refractivity contribution >= 4 is 11.6 Å². The maximum Gasteiger partial charge on any atom is 0.254 e. The molecule has 0 unspecified atom stereocenters. The molecule has 0 aliphatic rings. The number of benzene rings is 1. The van der Waals surface area contributed by atoms with E-state index in [0.717, 1.165) is 11.1 Å². The van der Waals surface area contributed by atoms with E-state index >= 15 is 0 Å². The van der Waals surface area contributed by atoms with Crippen LogP contribution < -0.4 is 16.2 Å². The second-order valence-corrected chi connectivity index (χ2v) is 4.41. The molecule has 1 aromatic carbocycles. The molecule has 1 aromatic heterocycles. The lowest BCUT2D eigenvalue weighted by atomic mass is 10.1. The predicted octanol–water partition coefficient (Wildman–Crippen LogP) is 2.17. The monoisotopic (exact) mass is 257 g/mol. The van der Waals surface area contributed by atoms with Crippen LogP contribution in [-0.4, -0.2) is 10.9 Å². The van der Waals surface area contributed by atoms with Gasteiger partial charge in [0.05, 0.1) is 11.9 Å². The van der Waals surface area contributed by atoms with Crippen molar-refractivity contribution < 1.29 is 9.53 Å². The quantitative estimate of drug-likeness (QED) is 0.881. The molecule has 1 heterocycles. The summed E-state index contributed by atoms with van der Waals surface area (Å²) in [5.41, 5.74) is 13.5. The zero-order valence-corrected chi connectivity index (χ0v) is 10.8. The van der Waals surface area contributed by atoms with Gasteiger partial charge >= 0.3 is 0 Å². The fourth-order valence-electron chi connectivity index (χ4n) is 1.83. The molecule has 4 N–H and O–H groups in total. The lowest BCUT2D eigenvalue weighted by Crippen LogP contribution is -2.13. The van der Waals surface area contributed by atoms with Crippen LogP contribution in [0.5, 0.6) is 11.6 Å². The summed E-state index contributed by atoms with van der Waals surface area (Å²) in [6.07, 6.45) is 1.42. The molecule has 2 aromatic rings. The van der Waals surface area contributed by atoms with Gasteiger partial charge in [-0.15, -0.1) is 0 Å². The third kappa shape index (κ3) is 3.01. The Morgan fingerprint density at radius 1 is 1.16 bits per heavy atom. The first-order valence-corrected chi connectivity index (χ1v) is 5.77. The highest BCUT2D eigenvalue weighted by molar-refractivity contribution is 5.95. The van der Waals surface area contributed by atoms with Gasteiger partial charge < -0.3 is 16.2 Å². The van der Waals surface area contributed by atoms with Crippen LogP contribution in [0.15, 0.2) is 30.5 Å². The molecule has 0 aliphatic carbocycles. The van der Waals surface area contributed by atoms with Crippen molar-refractivity contribution in [3.63, 3.8) is 0 Å². The van der Waals surface area contributed by atoms with E-state index in [1.165, 1.54) is 12.3 Å². The molecule has 0 bridgehead atoms. The molecular formula is C14H15N3O2. The van der Waals surface area contributed by atoms with E-state index in [0.29, 0.717) is 11.4 Å². The van der Waals surface area contributed by atoms with Crippen molar-refractivity contribution in [2.24, 2.45) is 5.73 Å². The Balaban J connectivity index is 2.40. The molecule has 0 atom stereocenters. The van der Waals surface area contributed by atoms with Crippen LogP contribution in [0.2, 0.25) is 0 Å². The number of ether oxygens (including phenoxy) is 1. The van der Waals surface area contributed by atoms with Gasteiger partial charge in [-0.2, -0.15) is 0 Å². The smallest absolute Gasteiger partial charge is 0.254 e. The fraction of sp³-hybridized carbons (Fsp3) is 0.143. The minimum atomic E-state index is -0.626. The van der Waals surface area contributed by atoms with Crippen LogP contribution in [0.4, 0.5) is 5.69 Å². The lowest BCUT2D eigenvalue weighted by molar-refractivity contribution is 0.0997. The van der Waals surface area contributed by atoms with Crippen LogP contribution in [0.25, 0.3) is 0 Å². The normalized spacial score (nSPS) is 10.2. The zero-order valence-electron chi connectivity index (χ0n) is 10.8. The minimum Gasteiger partial charge on any atom is -0.438 e. The number of nitrogen functional groups attached to an aromatic ring is 1. The summed E-state index contributed by atoms with van der Waals surface area (Å²) in [6.45, 7) is 3.93. The van der Waals surface area contributed by atoms with E-state index in [2.05, 4.69) is 4.98 Å². The van der Waals surface area contributed by atoms with Crippen LogP contribution in [-0.2, 0) is 0 Å². The highest BCUT2D eigenvalue weighted by Crippen LogP contribution is 2.25. The lowest BCUT2D eigenvalue weighted by Gasteiger charge is -2.10. The van der Waals surface area contributed by atoms with Gasteiger partial charge in [0.1, 0.15) is 11.3 Å². The summed E-state index contributed by atoms with van der Waals surface area (Å²) in [5.74, 6) is 0.142. The summed E-state index contributed by atoms with van der Waals surface area (Å²) in [7, 11) is 0. The third-order valence-electron chi connectivity index (χ3n) is 2.55. The molecule has 0 spiro atoms. The van der Waals surface area contributed by atoms with Crippen LogP contribution in [0.1, 0.15) is 21.5 Å². The van der Waals surface area contributed by atoms with Crippen molar-refractivity contribution in [2.45, 2.75) is 13.8 Å². The summed E-state index contributed by atoms with van der Waals surface area (Å²) < 4.78 is 5.62. The molecule has 1 amide bonds. The number of rotatable bonds is 3. The fourth-order valence-corrected chi connectivity index (χ4v) is 1.83. The molecule has 0 saturated carbocycles. The number of carbonyl (C=O) groups excluding carboxylic acids is 1. The number of primary amides is 1. The number of amides is 1. The molecule has 98 valence electrons. The number of anilines is 1. The van der Waals surface area contributed by atoms with Gasteiger partial charge in [-0.05, 0) is 43.2 Å². The third-order valence-corrected chi connectivity index (χ3v) is 2.55. The van der Waals surface area contributed by atoms with E-state index in [-0.39, 0.29) is 11.4 Å². The van der Waals surface area contributed by atoms with Crippen molar-refractivity contribution in [2.75, 3.05) is 5.73 Å². The van der Waals surface area contributed by atoms with Crippen LogP contribution in [0.3, 0.4) is 0 Å². The number of nitrogens with zero attached hydrogens (tertiary/aromatic N) is 1. The van der Waals surface area contributed by atoms with Crippen molar-refractivity contribution in [1.29, 1.82) is 0 Å². The molecule has 19 heavy (non-hydrogen) atoms. The minimum absolute atomic E-state index is 0.159. The first kappa shape index (κ1) is 12.9. The van der Waals surface area contributed by atoms with Crippen molar-refractivity contribution in [1.82, 2.24) is 4.98 Å². The van der Waals surface area contributed by atoms with Gasteiger partial charge in [0.2, 0.25) is 5.88 Å². The number of nitrogens with two attached hydrogens (primary N) is 2. The summed E-state index contributed by atoms with van der Waals surface area (Å²) in [6, 6.07) is 7.19. The second kappa shape index (κ2) is 4.97.